The van der Waals surface area contributed by atoms with E-state index in [0.717, 1.165) is 13.2 Å². The van der Waals surface area contributed by atoms with E-state index in [2.05, 4.69) is 27.7 Å². The minimum Gasteiger partial charge on any atom is -0.394 e. The summed E-state index contributed by atoms with van der Waals surface area (Å²) < 4.78 is 12.9. The SMILES string of the molecule is CCCCCCCCCCCCCCCCCCCC[Si](CCCCCCCCCCCCCCCCCC)(OCC)OCC. The van der Waals surface area contributed by atoms with Crippen LogP contribution in [-0.2, 0) is 8.85 Å². The normalized spacial score (nSPS) is 12.0. The summed E-state index contributed by atoms with van der Waals surface area (Å²) in [4.78, 5) is 0. The Morgan fingerprint density at radius 2 is 0.422 bits per heavy atom. The van der Waals surface area contributed by atoms with Crippen LogP contribution < -0.4 is 0 Å². The Balaban J connectivity index is 3.69. The van der Waals surface area contributed by atoms with Gasteiger partial charge in [0.15, 0.2) is 0 Å². The van der Waals surface area contributed by atoms with Crippen LogP contribution in [0.4, 0.5) is 0 Å². The van der Waals surface area contributed by atoms with Gasteiger partial charge in [-0.15, -0.1) is 0 Å². The Labute approximate surface area is 288 Å². The minimum atomic E-state index is -2.01. The van der Waals surface area contributed by atoms with E-state index in [0.29, 0.717) is 0 Å². The third-order valence-corrected chi connectivity index (χ3v) is 14.0. The van der Waals surface area contributed by atoms with Crippen LogP contribution in [0.5, 0.6) is 0 Å². The zero-order chi connectivity index (χ0) is 32.8. The molecule has 0 fully saturated rings. The Hall–Kier alpha value is 0.137. The summed E-state index contributed by atoms with van der Waals surface area (Å²) >= 11 is 0. The molecule has 0 saturated heterocycles. The monoisotopic (exact) mass is 653 g/mol. The first-order valence-corrected chi connectivity index (χ1v) is 23.8. The maximum absolute atomic E-state index is 6.44. The minimum absolute atomic E-state index is 0.824. The van der Waals surface area contributed by atoms with Gasteiger partial charge in [-0.3, -0.25) is 0 Å². The molecule has 0 bridgehead atoms. The molecule has 0 radical (unpaired) electrons. The first-order valence-electron chi connectivity index (χ1n) is 21.5. The van der Waals surface area contributed by atoms with Crippen molar-refractivity contribution in [3.05, 3.63) is 0 Å². The molecule has 0 aliphatic rings. The van der Waals surface area contributed by atoms with Crippen molar-refractivity contribution in [2.24, 2.45) is 0 Å². The van der Waals surface area contributed by atoms with Crippen molar-refractivity contribution in [3.63, 3.8) is 0 Å². The summed E-state index contributed by atoms with van der Waals surface area (Å²) in [5, 5.41) is 0. The third-order valence-electron chi connectivity index (χ3n) is 10.1. The molecular formula is C42H88O2Si. The average Bonchev–Trinajstić information content (AvgIpc) is 3.04. The van der Waals surface area contributed by atoms with Crippen molar-refractivity contribution in [3.8, 4) is 0 Å². The highest BCUT2D eigenvalue weighted by atomic mass is 28.4. The molecule has 0 unspecified atom stereocenters. The first kappa shape index (κ1) is 45.1. The molecule has 0 atom stereocenters. The van der Waals surface area contributed by atoms with Gasteiger partial charge in [-0.05, 0) is 25.9 Å². The molecule has 2 nitrogen and oxygen atoms in total. The lowest BCUT2D eigenvalue weighted by atomic mass is 10.0. The van der Waals surface area contributed by atoms with E-state index in [1.54, 1.807) is 0 Å². The van der Waals surface area contributed by atoms with E-state index in [-0.39, 0.29) is 0 Å². The van der Waals surface area contributed by atoms with Crippen LogP contribution in [0.25, 0.3) is 0 Å². The smallest absolute Gasteiger partial charge is 0.338 e. The van der Waals surface area contributed by atoms with Crippen molar-refractivity contribution in [1.82, 2.24) is 0 Å². The second-order valence-electron chi connectivity index (χ2n) is 14.6. The van der Waals surface area contributed by atoms with Crippen molar-refractivity contribution < 1.29 is 8.85 Å². The highest BCUT2D eigenvalue weighted by molar-refractivity contribution is 6.67. The fourth-order valence-electron chi connectivity index (χ4n) is 7.22. The first-order chi connectivity index (χ1) is 22.2. The van der Waals surface area contributed by atoms with Gasteiger partial charge in [0.25, 0.3) is 0 Å². The molecule has 272 valence electrons. The lowest BCUT2D eigenvalue weighted by Crippen LogP contribution is -2.42. The maximum atomic E-state index is 6.44. The number of rotatable bonds is 40. The average molecular weight is 653 g/mol. The predicted octanol–water partition coefficient (Wildman–Crippen LogP) is 15.8. The number of hydrogen-bond acceptors (Lipinski definition) is 2. The third kappa shape index (κ3) is 33.8. The quantitative estimate of drug-likeness (QED) is 0.0484. The molecule has 3 heteroatoms. The Morgan fingerprint density at radius 3 is 0.600 bits per heavy atom. The fourth-order valence-corrected chi connectivity index (χ4v) is 10.8. The van der Waals surface area contributed by atoms with E-state index < -0.39 is 8.56 Å². The fraction of sp³-hybridized carbons (Fsp3) is 1.00. The van der Waals surface area contributed by atoms with E-state index in [1.807, 2.05) is 0 Å². The van der Waals surface area contributed by atoms with Crippen molar-refractivity contribution >= 4 is 8.56 Å². The van der Waals surface area contributed by atoms with Gasteiger partial charge in [0.2, 0.25) is 0 Å². The zero-order valence-corrected chi connectivity index (χ0v) is 33.2. The van der Waals surface area contributed by atoms with Gasteiger partial charge in [-0.25, -0.2) is 0 Å². The molecule has 0 aromatic carbocycles. The van der Waals surface area contributed by atoms with E-state index in [9.17, 15) is 0 Å². The van der Waals surface area contributed by atoms with Crippen LogP contribution in [0.2, 0.25) is 12.1 Å². The molecule has 0 aliphatic heterocycles. The number of hydrogen-bond donors (Lipinski definition) is 0. The van der Waals surface area contributed by atoms with Crippen LogP contribution >= 0.6 is 0 Å². The van der Waals surface area contributed by atoms with Gasteiger partial charge in [0.1, 0.15) is 0 Å². The molecule has 0 spiro atoms. The van der Waals surface area contributed by atoms with Crippen LogP contribution in [0, 0.1) is 0 Å². The summed E-state index contributed by atoms with van der Waals surface area (Å²) in [7, 11) is -2.01. The summed E-state index contributed by atoms with van der Waals surface area (Å²) in [6.45, 7) is 10.6. The van der Waals surface area contributed by atoms with Gasteiger partial charge in [0.05, 0.1) is 0 Å². The van der Waals surface area contributed by atoms with Gasteiger partial charge in [0, 0.05) is 13.2 Å². The highest BCUT2D eigenvalue weighted by Gasteiger charge is 2.35. The Bertz CT molecular complexity index is 519. The van der Waals surface area contributed by atoms with Gasteiger partial charge in [-0.1, -0.05) is 232 Å². The second kappa shape index (κ2) is 38.6. The van der Waals surface area contributed by atoms with E-state index in [4.69, 9.17) is 8.85 Å². The van der Waals surface area contributed by atoms with Crippen LogP contribution in [-0.4, -0.2) is 21.8 Å². The molecule has 0 aromatic heterocycles. The van der Waals surface area contributed by atoms with Crippen molar-refractivity contribution in [2.45, 2.75) is 258 Å². The van der Waals surface area contributed by atoms with E-state index >= 15 is 0 Å². The van der Waals surface area contributed by atoms with Crippen molar-refractivity contribution in [2.75, 3.05) is 13.2 Å². The standard InChI is InChI=1S/C42H88O2Si/c1-5-9-11-13-15-17-19-21-23-25-26-28-30-32-34-36-38-40-42-45(43-7-3,44-8-4)41-39-37-35-33-31-29-27-24-22-20-18-16-14-12-10-6-2/h5-42H2,1-4H3. The molecule has 0 aromatic rings. The molecular weight excluding hydrogens is 565 g/mol. The molecule has 0 rings (SSSR count). The van der Waals surface area contributed by atoms with Crippen LogP contribution in [0.15, 0.2) is 0 Å². The summed E-state index contributed by atoms with van der Waals surface area (Å²) in [6, 6.07) is 2.43. The molecule has 0 N–H and O–H groups in total. The Kier molecular flexibility index (Phi) is 38.7. The molecule has 0 saturated carbocycles. The number of unbranched alkanes of at least 4 members (excludes halogenated alkanes) is 32. The van der Waals surface area contributed by atoms with Gasteiger partial charge in [-0.2, -0.15) is 0 Å². The summed E-state index contributed by atoms with van der Waals surface area (Å²) in [6.07, 6.45) is 48.8. The maximum Gasteiger partial charge on any atom is 0.338 e. The molecule has 0 aliphatic carbocycles. The van der Waals surface area contributed by atoms with Gasteiger partial charge < -0.3 is 8.85 Å². The molecule has 45 heavy (non-hydrogen) atoms. The van der Waals surface area contributed by atoms with Gasteiger partial charge >= 0.3 is 8.56 Å². The largest absolute Gasteiger partial charge is 0.394 e. The van der Waals surface area contributed by atoms with Crippen LogP contribution in [0.1, 0.15) is 246 Å². The zero-order valence-electron chi connectivity index (χ0n) is 32.2. The topological polar surface area (TPSA) is 18.5 Å². The highest BCUT2D eigenvalue weighted by Crippen LogP contribution is 2.27. The second-order valence-corrected chi connectivity index (χ2v) is 18.0. The molecule has 0 amide bonds. The summed E-state index contributed by atoms with van der Waals surface area (Å²) in [5.41, 5.74) is 0. The molecule has 0 heterocycles. The lowest BCUT2D eigenvalue weighted by Gasteiger charge is -2.30. The lowest BCUT2D eigenvalue weighted by molar-refractivity contribution is 0.180. The van der Waals surface area contributed by atoms with Crippen molar-refractivity contribution in [1.29, 1.82) is 0 Å². The summed E-state index contributed by atoms with van der Waals surface area (Å²) in [5.74, 6) is 0. The van der Waals surface area contributed by atoms with E-state index in [1.165, 1.54) is 230 Å². The Morgan fingerprint density at radius 1 is 0.244 bits per heavy atom. The van der Waals surface area contributed by atoms with Crippen LogP contribution in [0.3, 0.4) is 0 Å². The predicted molar refractivity (Wildman–Crippen MR) is 207 cm³/mol.